The maximum Gasteiger partial charge on any atom is 0.231 e. The van der Waals surface area contributed by atoms with E-state index < -0.39 is 0 Å². The Hall–Kier alpha value is -1.23. The van der Waals surface area contributed by atoms with E-state index in [0.29, 0.717) is 33.6 Å². The first kappa shape index (κ1) is 9.33. The van der Waals surface area contributed by atoms with Crippen LogP contribution in [-0.4, -0.2) is 20.2 Å². The summed E-state index contributed by atoms with van der Waals surface area (Å²) in [5.41, 5.74) is 0.370. The van der Waals surface area contributed by atoms with E-state index in [1.165, 1.54) is 7.11 Å². The molecule has 2 rings (SSSR count). The standard InChI is InChI=1S/C9H7BrO4/c1-12-8-5(3-11)9-7(2-6(8)10)13-4-14-9/h2-3H,4H2,1H3. The van der Waals surface area contributed by atoms with Gasteiger partial charge in [0.15, 0.2) is 17.8 Å². The first-order chi connectivity index (χ1) is 6.77. The van der Waals surface area contributed by atoms with E-state index in [9.17, 15) is 4.79 Å². The Morgan fingerprint density at radius 2 is 2.36 bits per heavy atom. The van der Waals surface area contributed by atoms with E-state index in [2.05, 4.69) is 15.9 Å². The zero-order chi connectivity index (χ0) is 10.1. The SMILES string of the molecule is COc1c(Br)cc2c(c1C=O)OCO2. The van der Waals surface area contributed by atoms with Gasteiger partial charge in [-0.25, -0.2) is 0 Å². The lowest BCUT2D eigenvalue weighted by Crippen LogP contribution is -1.95. The van der Waals surface area contributed by atoms with Gasteiger partial charge in [0.25, 0.3) is 0 Å². The van der Waals surface area contributed by atoms with Crippen molar-refractivity contribution in [3.8, 4) is 17.2 Å². The lowest BCUT2D eigenvalue weighted by atomic mass is 10.2. The van der Waals surface area contributed by atoms with E-state index in [1.807, 2.05) is 0 Å². The molecule has 5 heteroatoms. The Morgan fingerprint density at radius 3 is 3.00 bits per heavy atom. The predicted octanol–water partition coefficient (Wildman–Crippen LogP) is 2.00. The van der Waals surface area contributed by atoms with Gasteiger partial charge >= 0.3 is 0 Å². The first-order valence-electron chi connectivity index (χ1n) is 3.89. The molecule has 0 bridgehead atoms. The number of methoxy groups -OCH3 is 1. The molecule has 0 amide bonds. The molecule has 0 atom stereocenters. The minimum atomic E-state index is 0.135. The number of carbonyl (C=O) groups excluding carboxylic acids is 1. The minimum Gasteiger partial charge on any atom is -0.495 e. The number of rotatable bonds is 2. The lowest BCUT2D eigenvalue weighted by molar-refractivity contribution is 0.111. The fourth-order valence-electron chi connectivity index (χ4n) is 1.33. The predicted molar refractivity (Wildman–Crippen MR) is 52.2 cm³/mol. The fraction of sp³-hybridized carbons (Fsp3) is 0.222. The van der Waals surface area contributed by atoms with Crippen LogP contribution in [0.25, 0.3) is 0 Å². The van der Waals surface area contributed by atoms with Crippen LogP contribution >= 0.6 is 15.9 Å². The van der Waals surface area contributed by atoms with Gasteiger partial charge in [0.2, 0.25) is 6.79 Å². The molecule has 0 radical (unpaired) electrons. The Morgan fingerprint density at radius 1 is 1.57 bits per heavy atom. The van der Waals surface area contributed by atoms with E-state index in [4.69, 9.17) is 14.2 Å². The van der Waals surface area contributed by atoms with Crippen molar-refractivity contribution in [1.29, 1.82) is 0 Å². The molecule has 1 aromatic rings. The Kier molecular flexibility index (Phi) is 2.33. The number of carbonyl (C=O) groups is 1. The molecule has 0 saturated carbocycles. The number of ether oxygens (including phenoxy) is 3. The van der Waals surface area contributed by atoms with Crippen LogP contribution in [0.5, 0.6) is 17.2 Å². The second-order valence-corrected chi connectivity index (χ2v) is 3.51. The Bertz CT molecular complexity index is 385. The topological polar surface area (TPSA) is 44.8 Å². The summed E-state index contributed by atoms with van der Waals surface area (Å²) in [4.78, 5) is 10.9. The van der Waals surface area contributed by atoms with Crippen molar-refractivity contribution in [2.45, 2.75) is 0 Å². The third kappa shape index (κ3) is 1.24. The molecule has 14 heavy (non-hydrogen) atoms. The van der Waals surface area contributed by atoms with Gasteiger partial charge in [0, 0.05) is 6.07 Å². The van der Waals surface area contributed by atoms with E-state index >= 15 is 0 Å². The van der Waals surface area contributed by atoms with Crippen LogP contribution in [0.2, 0.25) is 0 Å². The van der Waals surface area contributed by atoms with Crippen molar-refractivity contribution >= 4 is 22.2 Å². The number of aldehydes is 1. The molecular formula is C9H7BrO4. The number of hydrogen-bond acceptors (Lipinski definition) is 4. The summed E-state index contributed by atoms with van der Waals surface area (Å²) in [7, 11) is 1.50. The largest absolute Gasteiger partial charge is 0.495 e. The molecule has 1 heterocycles. The highest BCUT2D eigenvalue weighted by Crippen LogP contribution is 2.44. The first-order valence-corrected chi connectivity index (χ1v) is 4.68. The zero-order valence-electron chi connectivity index (χ0n) is 7.37. The lowest BCUT2D eigenvalue weighted by Gasteiger charge is -2.08. The van der Waals surface area contributed by atoms with Gasteiger partial charge in [-0.15, -0.1) is 0 Å². The summed E-state index contributed by atoms with van der Waals surface area (Å²) in [5, 5.41) is 0. The summed E-state index contributed by atoms with van der Waals surface area (Å²) in [6, 6.07) is 1.72. The van der Waals surface area contributed by atoms with Crippen molar-refractivity contribution in [1.82, 2.24) is 0 Å². The number of halogens is 1. The van der Waals surface area contributed by atoms with Crippen LogP contribution in [0, 0.1) is 0 Å². The molecule has 0 aliphatic carbocycles. The number of benzene rings is 1. The monoisotopic (exact) mass is 258 g/mol. The Labute approximate surface area is 88.9 Å². The van der Waals surface area contributed by atoms with Gasteiger partial charge in [-0.2, -0.15) is 0 Å². The molecule has 1 aliphatic rings. The second-order valence-electron chi connectivity index (χ2n) is 2.66. The summed E-state index contributed by atoms with van der Waals surface area (Å²) in [5.74, 6) is 1.46. The van der Waals surface area contributed by atoms with Gasteiger partial charge < -0.3 is 14.2 Å². The fourth-order valence-corrected chi connectivity index (χ4v) is 1.92. The van der Waals surface area contributed by atoms with Gasteiger partial charge in [-0.1, -0.05) is 0 Å². The third-order valence-corrected chi connectivity index (χ3v) is 2.52. The molecule has 0 N–H and O–H groups in total. The second kappa shape index (κ2) is 3.49. The van der Waals surface area contributed by atoms with Gasteiger partial charge in [0.05, 0.1) is 11.6 Å². The molecule has 1 aliphatic heterocycles. The number of fused-ring (bicyclic) bond motifs is 1. The van der Waals surface area contributed by atoms with Gasteiger partial charge in [-0.05, 0) is 15.9 Å². The minimum absolute atomic E-state index is 0.135. The highest BCUT2D eigenvalue weighted by atomic mass is 79.9. The van der Waals surface area contributed by atoms with Crippen molar-refractivity contribution in [3.05, 3.63) is 16.1 Å². The molecule has 0 unspecified atom stereocenters. The average molecular weight is 259 g/mol. The van der Waals surface area contributed by atoms with E-state index in [1.54, 1.807) is 6.07 Å². The van der Waals surface area contributed by atoms with Crippen molar-refractivity contribution < 1.29 is 19.0 Å². The van der Waals surface area contributed by atoms with E-state index in [0.717, 1.165) is 0 Å². The summed E-state index contributed by atoms with van der Waals surface area (Å²) < 4.78 is 16.1. The normalized spacial score (nSPS) is 12.7. The summed E-state index contributed by atoms with van der Waals surface area (Å²) in [6.45, 7) is 0.135. The maximum atomic E-state index is 10.9. The molecule has 1 aromatic carbocycles. The zero-order valence-corrected chi connectivity index (χ0v) is 8.96. The van der Waals surface area contributed by atoms with Crippen LogP contribution in [-0.2, 0) is 0 Å². The van der Waals surface area contributed by atoms with Crippen LogP contribution < -0.4 is 14.2 Å². The number of hydrogen-bond donors (Lipinski definition) is 0. The van der Waals surface area contributed by atoms with Crippen LogP contribution in [0.3, 0.4) is 0 Å². The van der Waals surface area contributed by atoms with Crippen molar-refractivity contribution in [2.75, 3.05) is 13.9 Å². The van der Waals surface area contributed by atoms with Crippen LogP contribution in [0.4, 0.5) is 0 Å². The molecular weight excluding hydrogens is 252 g/mol. The highest BCUT2D eigenvalue weighted by Gasteiger charge is 2.23. The van der Waals surface area contributed by atoms with E-state index in [-0.39, 0.29) is 6.79 Å². The smallest absolute Gasteiger partial charge is 0.231 e. The van der Waals surface area contributed by atoms with Crippen LogP contribution in [0.15, 0.2) is 10.5 Å². The third-order valence-electron chi connectivity index (χ3n) is 1.93. The molecule has 0 fully saturated rings. The quantitative estimate of drug-likeness (QED) is 0.762. The van der Waals surface area contributed by atoms with Crippen molar-refractivity contribution in [2.24, 2.45) is 0 Å². The average Bonchev–Trinajstić information content (AvgIpc) is 2.62. The summed E-state index contributed by atoms with van der Waals surface area (Å²) >= 11 is 3.28. The molecule has 74 valence electrons. The maximum absolute atomic E-state index is 10.9. The van der Waals surface area contributed by atoms with Gasteiger partial charge in [0.1, 0.15) is 11.3 Å². The molecule has 0 saturated heterocycles. The van der Waals surface area contributed by atoms with Crippen molar-refractivity contribution in [3.63, 3.8) is 0 Å². The van der Waals surface area contributed by atoms with Crippen LogP contribution in [0.1, 0.15) is 10.4 Å². The highest BCUT2D eigenvalue weighted by molar-refractivity contribution is 9.10. The Balaban J connectivity index is 2.68. The summed E-state index contributed by atoms with van der Waals surface area (Å²) in [6.07, 6.45) is 0.692. The molecule has 0 aromatic heterocycles. The molecule has 0 spiro atoms. The molecule has 4 nitrogen and oxygen atoms in total. The van der Waals surface area contributed by atoms with Gasteiger partial charge in [-0.3, -0.25) is 4.79 Å².